The van der Waals surface area contributed by atoms with Gasteiger partial charge in [-0.15, -0.1) is 11.3 Å². The number of rotatable bonds is 5. The molecular weight excluding hydrogens is 460 g/mol. The fraction of sp³-hybridized carbons (Fsp3) is 0.250. The average Bonchev–Trinajstić information content (AvgIpc) is 3.05. The van der Waals surface area contributed by atoms with Crippen molar-refractivity contribution in [2.45, 2.75) is 20.3 Å². The van der Waals surface area contributed by atoms with Gasteiger partial charge in [0.1, 0.15) is 0 Å². The molecule has 0 bridgehead atoms. The van der Waals surface area contributed by atoms with Crippen molar-refractivity contribution in [1.29, 1.82) is 0 Å². The fourth-order valence-electron chi connectivity index (χ4n) is 2.98. The SMILES string of the molecule is CCc1cc(Br)cc(C)c1NC(=O)c1cc2cc(N(C)S(C)(=O)=O)ccc2s1. The number of fused-ring (bicyclic) bond motifs is 1. The Morgan fingerprint density at radius 2 is 1.93 bits per heavy atom. The van der Waals surface area contributed by atoms with Crippen molar-refractivity contribution in [3.05, 3.63) is 56.9 Å². The molecule has 3 rings (SSSR count). The van der Waals surface area contributed by atoms with Crippen molar-refractivity contribution < 1.29 is 13.2 Å². The Hall–Kier alpha value is -1.90. The number of carbonyl (C=O) groups excluding carboxylic acids is 1. The maximum Gasteiger partial charge on any atom is 0.265 e. The Labute approximate surface area is 177 Å². The quantitative estimate of drug-likeness (QED) is 0.546. The van der Waals surface area contributed by atoms with Crippen molar-refractivity contribution in [2.24, 2.45) is 0 Å². The van der Waals surface area contributed by atoms with E-state index in [1.54, 1.807) is 18.2 Å². The maximum absolute atomic E-state index is 12.8. The number of amides is 1. The monoisotopic (exact) mass is 480 g/mol. The number of anilines is 2. The normalized spacial score (nSPS) is 11.6. The molecule has 1 heterocycles. The van der Waals surface area contributed by atoms with Crippen LogP contribution >= 0.6 is 27.3 Å². The lowest BCUT2D eigenvalue weighted by molar-refractivity contribution is 0.103. The van der Waals surface area contributed by atoms with Crippen molar-refractivity contribution >= 4 is 64.7 Å². The van der Waals surface area contributed by atoms with Gasteiger partial charge in [0.25, 0.3) is 5.91 Å². The Bertz CT molecular complexity index is 1170. The standard InChI is InChI=1S/C20H21BrN2O3S2/c1-5-13-9-15(21)8-12(2)19(13)22-20(24)18-11-14-10-16(6-7-17(14)27-18)23(3)28(4,25)26/h6-11H,5H2,1-4H3,(H,22,24). The van der Waals surface area contributed by atoms with Gasteiger partial charge in [-0.3, -0.25) is 9.10 Å². The third-order valence-electron chi connectivity index (χ3n) is 4.59. The first-order valence-corrected chi connectivity index (χ1v) is 12.1. The molecule has 0 fully saturated rings. The van der Waals surface area contributed by atoms with Gasteiger partial charge in [0, 0.05) is 21.9 Å². The van der Waals surface area contributed by atoms with Gasteiger partial charge < -0.3 is 5.32 Å². The highest BCUT2D eigenvalue weighted by Gasteiger charge is 2.16. The molecule has 0 unspecified atom stereocenters. The molecule has 0 saturated carbocycles. The summed E-state index contributed by atoms with van der Waals surface area (Å²) < 4.78 is 26.7. The second-order valence-electron chi connectivity index (χ2n) is 6.63. The second kappa shape index (κ2) is 7.85. The first kappa shape index (κ1) is 20.8. The Kier molecular flexibility index (Phi) is 5.84. The highest BCUT2D eigenvalue weighted by atomic mass is 79.9. The number of nitrogens with one attached hydrogen (secondary N) is 1. The van der Waals surface area contributed by atoms with Crippen LogP contribution < -0.4 is 9.62 Å². The Balaban J connectivity index is 1.93. The third kappa shape index (κ3) is 4.24. The van der Waals surface area contributed by atoms with Gasteiger partial charge in [-0.1, -0.05) is 22.9 Å². The molecule has 1 aromatic heterocycles. The number of nitrogens with zero attached hydrogens (tertiary/aromatic N) is 1. The van der Waals surface area contributed by atoms with E-state index in [0.29, 0.717) is 10.6 Å². The van der Waals surface area contributed by atoms with E-state index in [4.69, 9.17) is 0 Å². The number of halogens is 1. The van der Waals surface area contributed by atoms with Crippen molar-refractivity contribution in [3.8, 4) is 0 Å². The zero-order valence-electron chi connectivity index (χ0n) is 16.0. The van der Waals surface area contributed by atoms with Gasteiger partial charge in [-0.25, -0.2) is 8.42 Å². The number of hydrogen-bond donors (Lipinski definition) is 1. The number of thiophene rings is 1. The van der Waals surface area contributed by atoms with Crippen molar-refractivity contribution in [1.82, 2.24) is 0 Å². The zero-order chi connectivity index (χ0) is 20.6. The van der Waals surface area contributed by atoms with E-state index in [2.05, 4.69) is 28.2 Å². The van der Waals surface area contributed by atoms with Crippen LogP contribution in [0.5, 0.6) is 0 Å². The predicted octanol–water partition coefficient (Wildman–Crippen LogP) is 5.18. The Morgan fingerprint density at radius 3 is 2.57 bits per heavy atom. The van der Waals surface area contributed by atoms with Crippen LogP contribution in [-0.4, -0.2) is 27.6 Å². The highest BCUT2D eigenvalue weighted by Crippen LogP contribution is 2.32. The van der Waals surface area contributed by atoms with E-state index in [1.807, 2.05) is 25.1 Å². The van der Waals surface area contributed by atoms with Crippen LogP contribution in [0.4, 0.5) is 11.4 Å². The van der Waals surface area contributed by atoms with Crippen LogP contribution in [0.1, 0.15) is 27.7 Å². The second-order valence-corrected chi connectivity index (χ2v) is 10.6. The summed E-state index contributed by atoms with van der Waals surface area (Å²) in [6.07, 6.45) is 1.97. The van der Waals surface area contributed by atoms with Crippen LogP contribution in [0.25, 0.3) is 10.1 Å². The summed E-state index contributed by atoms with van der Waals surface area (Å²) in [5.74, 6) is -0.167. The maximum atomic E-state index is 12.8. The minimum absolute atomic E-state index is 0.167. The number of benzene rings is 2. The third-order valence-corrected chi connectivity index (χ3v) is 7.36. The summed E-state index contributed by atoms with van der Waals surface area (Å²) in [5.41, 5.74) is 3.47. The van der Waals surface area contributed by atoms with Crippen LogP contribution in [0.3, 0.4) is 0 Å². The van der Waals surface area contributed by atoms with Gasteiger partial charge in [0.2, 0.25) is 10.0 Å². The van der Waals surface area contributed by atoms with E-state index >= 15 is 0 Å². The van der Waals surface area contributed by atoms with Crippen molar-refractivity contribution in [3.63, 3.8) is 0 Å². The van der Waals surface area contributed by atoms with Crippen LogP contribution in [-0.2, 0) is 16.4 Å². The van der Waals surface area contributed by atoms with Gasteiger partial charge in [0.15, 0.2) is 0 Å². The summed E-state index contributed by atoms with van der Waals surface area (Å²) in [4.78, 5) is 13.4. The summed E-state index contributed by atoms with van der Waals surface area (Å²) in [6, 6.07) is 11.2. The lowest BCUT2D eigenvalue weighted by Crippen LogP contribution is -2.24. The molecule has 0 aliphatic heterocycles. The molecule has 0 aliphatic carbocycles. The molecule has 8 heteroatoms. The van der Waals surface area contributed by atoms with E-state index in [-0.39, 0.29) is 5.91 Å². The summed E-state index contributed by atoms with van der Waals surface area (Å²) >= 11 is 4.88. The molecule has 5 nitrogen and oxygen atoms in total. The average molecular weight is 481 g/mol. The summed E-state index contributed by atoms with van der Waals surface area (Å²) in [5, 5.41) is 3.88. The van der Waals surface area contributed by atoms with E-state index in [0.717, 1.165) is 44.0 Å². The molecule has 0 radical (unpaired) electrons. The number of aryl methyl sites for hydroxylation is 2. The molecular formula is C20H21BrN2O3S2. The lowest BCUT2D eigenvalue weighted by Gasteiger charge is -2.16. The van der Waals surface area contributed by atoms with Gasteiger partial charge in [0.05, 0.1) is 16.8 Å². The van der Waals surface area contributed by atoms with E-state index in [1.165, 1.54) is 22.7 Å². The molecule has 3 aromatic rings. The molecule has 0 saturated heterocycles. The molecule has 0 aliphatic rings. The Morgan fingerprint density at radius 1 is 1.21 bits per heavy atom. The number of carbonyl (C=O) groups is 1. The molecule has 0 atom stereocenters. The topological polar surface area (TPSA) is 66.5 Å². The summed E-state index contributed by atoms with van der Waals surface area (Å²) in [7, 11) is -1.82. The summed E-state index contributed by atoms with van der Waals surface area (Å²) in [6.45, 7) is 4.02. The van der Waals surface area contributed by atoms with Crippen molar-refractivity contribution in [2.75, 3.05) is 22.9 Å². The smallest absolute Gasteiger partial charge is 0.265 e. The molecule has 0 spiro atoms. The molecule has 148 valence electrons. The molecule has 1 N–H and O–H groups in total. The van der Waals surface area contributed by atoms with Gasteiger partial charge in [-0.2, -0.15) is 0 Å². The van der Waals surface area contributed by atoms with Gasteiger partial charge >= 0.3 is 0 Å². The zero-order valence-corrected chi connectivity index (χ0v) is 19.3. The molecule has 1 amide bonds. The molecule has 28 heavy (non-hydrogen) atoms. The number of hydrogen-bond acceptors (Lipinski definition) is 4. The predicted molar refractivity (Wildman–Crippen MR) is 121 cm³/mol. The minimum atomic E-state index is -3.34. The van der Waals surface area contributed by atoms with Crippen LogP contribution in [0, 0.1) is 6.92 Å². The molecule has 2 aromatic carbocycles. The fourth-order valence-corrected chi connectivity index (χ4v) is 5.03. The minimum Gasteiger partial charge on any atom is -0.321 e. The van der Waals surface area contributed by atoms with Gasteiger partial charge in [-0.05, 0) is 66.3 Å². The van der Waals surface area contributed by atoms with Crippen LogP contribution in [0.2, 0.25) is 0 Å². The van der Waals surface area contributed by atoms with E-state index in [9.17, 15) is 13.2 Å². The largest absolute Gasteiger partial charge is 0.321 e. The number of sulfonamides is 1. The van der Waals surface area contributed by atoms with E-state index < -0.39 is 10.0 Å². The first-order valence-electron chi connectivity index (χ1n) is 8.68. The highest BCUT2D eigenvalue weighted by molar-refractivity contribution is 9.10. The van der Waals surface area contributed by atoms with Crippen LogP contribution in [0.15, 0.2) is 40.9 Å². The lowest BCUT2D eigenvalue weighted by atomic mass is 10.1. The first-order chi connectivity index (χ1) is 13.1.